The number of benzene rings is 2. The molecule has 3 rings (SSSR count). The van der Waals surface area contributed by atoms with E-state index < -0.39 is 0 Å². The molecule has 2 aromatic carbocycles. The lowest BCUT2D eigenvalue weighted by Crippen LogP contribution is -2.25. The number of nitrogens with one attached hydrogen (secondary N) is 1. The van der Waals surface area contributed by atoms with Crippen LogP contribution in [0, 0.1) is 6.92 Å². The van der Waals surface area contributed by atoms with Gasteiger partial charge < -0.3 is 10.1 Å². The Morgan fingerprint density at radius 3 is 2.83 bits per heavy atom. The first-order chi connectivity index (χ1) is 14.5. The summed E-state index contributed by atoms with van der Waals surface area (Å²) in [5, 5.41) is 4.00. The Kier molecular flexibility index (Phi) is 8.07. The zero-order valence-electron chi connectivity index (χ0n) is 17.0. The highest BCUT2D eigenvalue weighted by molar-refractivity contribution is 9.10. The van der Waals surface area contributed by atoms with Gasteiger partial charge in [0.2, 0.25) is 5.91 Å². The van der Waals surface area contributed by atoms with E-state index in [1.54, 1.807) is 10.6 Å². The standard InChI is InChI=1S/C22H24BrN3O3S/c1-3-29-12-6-11-26-21(28)17-13-16(23)9-10-19(17)25-22(26)30-14-20(27)24-18-8-5-4-7-15(18)2/h4-5,7-10,13H,3,6,11-12,14H2,1-2H3,(H,24,27). The fourth-order valence-electron chi connectivity index (χ4n) is 2.98. The van der Waals surface area contributed by atoms with E-state index in [2.05, 4.69) is 26.2 Å². The summed E-state index contributed by atoms with van der Waals surface area (Å²) in [4.78, 5) is 30.2. The van der Waals surface area contributed by atoms with Crippen molar-refractivity contribution in [1.82, 2.24) is 9.55 Å². The second-order valence-corrected chi connectivity index (χ2v) is 8.57. The molecule has 30 heavy (non-hydrogen) atoms. The number of thioether (sulfide) groups is 1. The van der Waals surface area contributed by atoms with Gasteiger partial charge in [-0.25, -0.2) is 4.98 Å². The molecule has 0 aliphatic heterocycles. The monoisotopic (exact) mass is 489 g/mol. The minimum atomic E-state index is -0.139. The van der Waals surface area contributed by atoms with Crippen molar-refractivity contribution in [3.05, 3.63) is 62.9 Å². The molecule has 6 nitrogen and oxygen atoms in total. The zero-order chi connectivity index (χ0) is 21.5. The maximum Gasteiger partial charge on any atom is 0.262 e. The number of carbonyl (C=O) groups excluding carboxylic acids is 1. The first kappa shape index (κ1) is 22.5. The number of hydrogen-bond donors (Lipinski definition) is 1. The molecule has 0 aliphatic carbocycles. The zero-order valence-corrected chi connectivity index (χ0v) is 19.4. The van der Waals surface area contributed by atoms with Crippen LogP contribution in [-0.2, 0) is 16.1 Å². The van der Waals surface area contributed by atoms with Gasteiger partial charge in [0.1, 0.15) is 0 Å². The number of nitrogens with zero attached hydrogens (tertiary/aromatic N) is 2. The number of amides is 1. The highest BCUT2D eigenvalue weighted by Gasteiger charge is 2.14. The Balaban J connectivity index is 1.81. The molecular weight excluding hydrogens is 466 g/mol. The largest absolute Gasteiger partial charge is 0.382 e. The molecule has 0 saturated heterocycles. The fraction of sp³-hybridized carbons (Fsp3) is 0.318. The van der Waals surface area contributed by atoms with Crippen LogP contribution in [0.1, 0.15) is 18.9 Å². The van der Waals surface area contributed by atoms with Crippen molar-refractivity contribution in [2.45, 2.75) is 32.0 Å². The van der Waals surface area contributed by atoms with Crippen LogP contribution in [0.4, 0.5) is 5.69 Å². The Labute approximate surface area is 188 Å². The van der Waals surface area contributed by atoms with E-state index in [0.29, 0.717) is 42.2 Å². The molecule has 0 spiro atoms. The maximum atomic E-state index is 13.1. The maximum absolute atomic E-state index is 13.1. The Morgan fingerprint density at radius 2 is 2.07 bits per heavy atom. The smallest absolute Gasteiger partial charge is 0.262 e. The molecule has 3 aromatic rings. The van der Waals surface area contributed by atoms with Gasteiger partial charge in [0.05, 0.1) is 16.7 Å². The molecule has 1 heterocycles. The molecule has 0 atom stereocenters. The number of aromatic nitrogens is 2. The van der Waals surface area contributed by atoms with Gasteiger partial charge in [-0.05, 0) is 50.1 Å². The summed E-state index contributed by atoms with van der Waals surface area (Å²) in [5.74, 6) is 0.0224. The molecule has 1 N–H and O–H groups in total. The van der Waals surface area contributed by atoms with Crippen molar-refractivity contribution in [3.63, 3.8) is 0 Å². The molecule has 0 saturated carbocycles. The Morgan fingerprint density at radius 1 is 1.27 bits per heavy atom. The number of ether oxygens (including phenoxy) is 1. The quantitative estimate of drug-likeness (QED) is 0.269. The minimum absolute atomic E-state index is 0.111. The van der Waals surface area contributed by atoms with Gasteiger partial charge in [-0.1, -0.05) is 45.9 Å². The van der Waals surface area contributed by atoms with Gasteiger partial charge in [-0.2, -0.15) is 0 Å². The third-order valence-electron chi connectivity index (χ3n) is 4.51. The van der Waals surface area contributed by atoms with Crippen molar-refractivity contribution >= 4 is 50.2 Å². The van der Waals surface area contributed by atoms with Crippen molar-refractivity contribution in [2.75, 3.05) is 24.3 Å². The summed E-state index contributed by atoms with van der Waals surface area (Å²) in [6.07, 6.45) is 0.692. The normalized spacial score (nSPS) is 11.0. The van der Waals surface area contributed by atoms with Crippen LogP contribution < -0.4 is 10.9 Å². The first-order valence-electron chi connectivity index (χ1n) is 9.75. The summed E-state index contributed by atoms with van der Waals surface area (Å²) in [6, 6.07) is 13.1. The highest BCUT2D eigenvalue weighted by atomic mass is 79.9. The number of rotatable bonds is 9. The Hall–Kier alpha value is -2.16. The summed E-state index contributed by atoms with van der Waals surface area (Å²) in [6.45, 7) is 5.57. The number of carbonyl (C=O) groups is 1. The molecule has 8 heteroatoms. The number of halogens is 1. The minimum Gasteiger partial charge on any atom is -0.382 e. The molecular formula is C22H24BrN3O3S. The third-order valence-corrected chi connectivity index (χ3v) is 5.98. The summed E-state index contributed by atoms with van der Waals surface area (Å²) in [7, 11) is 0. The van der Waals surface area contributed by atoms with Crippen molar-refractivity contribution in [1.29, 1.82) is 0 Å². The van der Waals surface area contributed by atoms with Gasteiger partial charge >= 0.3 is 0 Å². The number of hydrogen-bond acceptors (Lipinski definition) is 5. The average molecular weight is 490 g/mol. The predicted octanol–water partition coefficient (Wildman–Crippen LogP) is 4.62. The lowest BCUT2D eigenvalue weighted by atomic mass is 10.2. The van der Waals surface area contributed by atoms with E-state index in [1.165, 1.54) is 11.8 Å². The topological polar surface area (TPSA) is 73.2 Å². The lowest BCUT2D eigenvalue weighted by Gasteiger charge is -2.13. The van der Waals surface area contributed by atoms with E-state index in [1.807, 2.05) is 50.2 Å². The van der Waals surface area contributed by atoms with Crippen LogP contribution in [-0.4, -0.2) is 34.4 Å². The molecule has 0 aliphatic rings. The molecule has 0 bridgehead atoms. The predicted molar refractivity (Wildman–Crippen MR) is 125 cm³/mol. The van der Waals surface area contributed by atoms with E-state index in [4.69, 9.17) is 4.74 Å². The summed E-state index contributed by atoms with van der Waals surface area (Å²) >= 11 is 4.68. The van der Waals surface area contributed by atoms with E-state index in [0.717, 1.165) is 15.7 Å². The van der Waals surface area contributed by atoms with Gasteiger partial charge in [-0.15, -0.1) is 0 Å². The van der Waals surface area contributed by atoms with E-state index in [-0.39, 0.29) is 17.2 Å². The first-order valence-corrected chi connectivity index (χ1v) is 11.5. The van der Waals surface area contributed by atoms with Gasteiger partial charge in [-0.3, -0.25) is 14.2 Å². The number of fused-ring (bicyclic) bond motifs is 1. The molecule has 1 aromatic heterocycles. The number of para-hydroxylation sites is 1. The van der Waals surface area contributed by atoms with Crippen LogP contribution in [0.2, 0.25) is 0 Å². The molecule has 158 valence electrons. The highest BCUT2D eigenvalue weighted by Crippen LogP contribution is 2.21. The fourth-order valence-corrected chi connectivity index (χ4v) is 4.17. The van der Waals surface area contributed by atoms with E-state index >= 15 is 0 Å². The van der Waals surface area contributed by atoms with Crippen LogP contribution in [0.25, 0.3) is 10.9 Å². The Bertz CT molecular complexity index is 1100. The number of anilines is 1. The third kappa shape index (κ3) is 5.71. The van der Waals surface area contributed by atoms with Crippen molar-refractivity contribution in [2.24, 2.45) is 0 Å². The lowest BCUT2D eigenvalue weighted by molar-refractivity contribution is -0.113. The van der Waals surface area contributed by atoms with Crippen LogP contribution in [0.3, 0.4) is 0 Å². The molecule has 1 amide bonds. The molecule has 0 fully saturated rings. The van der Waals surface area contributed by atoms with Crippen LogP contribution in [0.5, 0.6) is 0 Å². The average Bonchev–Trinajstić information content (AvgIpc) is 2.73. The SMILES string of the molecule is CCOCCCn1c(SCC(=O)Nc2ccccc2C)nc2ccc(Br)cc2c1=O. The van der Waals surface area contributed by atoms with Crippen molar-refractivity contribution < 1.29 is 9.53 Å². The molecule has 0 unspecified atom stereocenters. The van der Waals surface area contributed by atoms with Crippen LogP contribution in [0.15, 0.2) is 56.9 Å². The number of aryl methyl sites for hydroxylation is 1. The van der Waals surface area contributed by atoms with Crippen LogP contribution >= 0.6 is 27.7 Å². The van der Waals surface area contributed by atoms with Gasteiger partial charge in [0, 0.05) is 29.9 Å². The van der Waals surface area contributed by atoms with Gasteiger partial charge in [0.25, 0.3) is 5.56 Å². The molecule has 0 radical (unpaired) electrons. The summed E-state index contributed by atoms with van der Waals surface area (Å²) in [5.41, 5.74) is 2.29. The van der Waals surface area contributed by atoms with Crippen molar-refractivity contribution in [3.8, 4) is 0 Å². The summed E-state index contributed by atoms with van der Waals surface area (Å²) < 4.78 is 7.87. The van der Waals surface area contributed by atoms with E-state index in [9.17, 15) is 9.59 Å². The second-order valence-electron chi connectivity index (χ2n) is 6.71. The van der Waals surface area contributed by atoms with Gasteiger partial charge in [0.15, 0.2) is 5.16 Å². The second kappa shape index (κ2) is 10.7.